The number of hydrogen-bond acceptors (Lipinski definition) is 2. The summed E-state index contributed by atoms with van der Waals surface area (Å²) >= 11 is 0. The van der Waals surface area contributed by atoms with Crippen LogP contribution in [0.5, 0.6) is 0 Å². The van der Waals surface area contributed by atoms with Crippen LogP contribution in [-0.4, -0.2) is 35.0 Å². The maximum absolute atomic E-state index is 11.6. The molecule has 0 aromatic rings. The van der Waals surface area contributed by atoms with Crippen molar-refractivity contribution in [3.05, 3.63) is 0 Å². The van der Waals surface area contributed by atoms with Crippen molar-refractivity contribution in [1.29, 1.82) is 0 Å². The van der Waals surface area contributed by atoms with Crippen LogP contribution < -0.4 is 0 Å². The molecule has 0 rings (SSSR count). The van der Waals surface area contributed by atoms with E-state index in [-0.39, 0.29) is 11.5 Å². The molecule has 0 aliphatic rings. The molecular formula is C9H18O3S. The molecule has 0 aliphatic carbocycles. The van der Waals surface area contributed by atoms with Gasteiger partial charge in [0.15, 0.2) is 5.12 Å². The van der Waals surface area contributed by atoms with E-state index in [2.05, 4.69) is 0 Å². The summed E-state index contributed by atoms with van der Waals surface area (Å²) in [5.41, 5.74) is -0.933. The molecular weight excluding hydrogens is 188 g/mol. The lowest BCUT2D eigenvalue weighted by molar-refractivity contribution is -0.148. The van der Waals surface area contributed by atoms with Crippen LogP contribution in [0.4, 0.5) is 0 Å². The van der Waals surface area contributed by atoms with Gasteiger partial charge in [-0.15, -0.1) is 0 Å². The van der Waals surface area contributed by atoms with E-state index >= 15 is 0 Å². The minimum Gasteiger partial charge on any atom is -0.481 e. The van der Waals surface area contributed by atoms with Gasteiger partial charge in [-0.3, -0.25) is 9.59 Å². The number of carboxylic acid groups (broad SMARTS) is 1. The average Bonchev–Trinajstić information content (AvgIpc) is 1.83. The largest absolute Gasteiger partial charge is 0.481 e. The molecule has 4 heteroatoms. The van der Waals surface area contributed by atoms with Crippen LogP contribution in [0.15, 0.2) is 0 Å². The predicted molar refractivity (Wildman–Crippen MR) is 56.4 cm³/mol. The fourth-order valence-corrected chi connectivity index (χ4v) is 1.45. The molecule has 0 aromatic carbocycles. The van der Waals surface area contributed by atoms with E-state index in [0.29, 0.717) is 0 Å². The first-order valence-electron chi connectivity index (χ1n) is 4.02. The van der Waals surface area contributed by atoms with Gasteiger partial charge in [0.1, 0.15) is 0 Å². The normalized spacial score (nSPS) is 13.9. The summed E-state index contributed by atoms with van der Waals surface area (Å²) < 4.78 is 0. The molecule has 0 aliphatic heterocycles. The Morgan fingerprint density at radius 3 is 1.85 bits per heavy atom. The highest BCUT2D eigenvalue weighted by atomic mass is 32.3. The zero-order valence-corrected chi connectivity index (χ0v) is 9.70. The summed E-state index contributed by atoms with van der Waals surface area (Å²) in [5.74, 6) is -0.912. The molecule has 78 valence electrons. The first kappa shape index (κ1) is 12.5. The molecule has 1 N–H and O–H groups in total. The number of rotatable bonds is 3. The highest BCUT2D eigenvalue weighted by Crippen LogP contribution is 2.40. The summed E-state index contributed by atoms with van der Waals surface area (Å²) in [5, 5.41) is 8.88. The zero-order chi connectivity index (χ0) is 10.9. The fourth-order valence-electron chi connectivity index (χ4n) is 0.653. The van der Waals surface area contributed by atoms with Crippen molar-refractivity contribution in [3.8, 4) is 0 Å². The Morgan fingerprint density at radius 2 is 1.62 bits per heavy atom. The van der Waals surface area contributed by atoms with Gasteiger partial charge in [0.25, 0.3) is 0 Å². The molecule has 0 atom stereocenters. The Kier molecular flexibility index (Phi) is 3.55. The van der Waals surface area contributed by atoms with Gasteiger partial charge in [-0.25, -0.2) is 0 Å². The van der Waals surface area contributed by atoms with Crippen LogP contribution in [0.2, 0.25) is 0 Å². The lowest BCUT2D eigenvalue weighted by Crippen LogP contribution is -2.28. The van der Waals surface area contributed by atoms with Crippen molar-refractivity contribution in [2.24, 2.45) is 5.41 Å². The number of carboxylic acids is 1. The summed E-state index contributed by atoms with van der Waals surface area (Å²) in [6.07, 6.45) is 5.77. The van der Waals surface area contributed by atoms with Crippen molar-refractivity contribution >= 4 is 21.1 Å². The van der Waals surface area contributed by atoms with Gasteiger partial charge < -0.3 is 5.11 Å². The molecule has 0 amide bonds. The Labute approximate surface area is 80.8 Å². The maximum atomic E-state index is 11.6. The highest BCUT2D eigenvalue weighted by molar-refractivity contribution is 8.43. The van der Waals surface area contributed by atoms with Crippen LogP contribution in [0.25, 0.3) is 0 Å². The van der Waals surface area contributed by atoms with Crippen molar-refractivity contribution in [1.82, 2.24) is 0 Å². The number of hydrogen-bond donors (Lipinski definition) is 1. The van der Waals surface area contributed by atoms with Crippen LogP contribution in [0.1, 0.15) is 20.3 Å². The standard InChI is InChI=1S/C9H18O3S/c1-9(2,8(11)12)6-7(10)13(3,4)5/h6H2,1-5H3,(H,11,12). The monoisotopic (exact) mass is 206 g/mol. The molecule has 0 saturated carbocycles. The van der Waals surface area contributed by atoms with E-state index in [9.17, 15) is 9.59 Å². The summed E-state index contributed by atoms with van der Waals surface area (Å²) in [4.78, 5) is 22.3. The second-order valence-electron chi connectivity index (χ2n) is 4.57. The fraction of sp³-hybridized carbons (Fsp3) is 0.778. The smallest absolute Gasteiger partial charge is 0.309 e. The SMILES string of the molecule is CC(C)(CC(=O)S(C)(C)C)C(=O)O. The van der Waals surface area contributed by atoms with Crippen molar-refractivity contribution in [2.45, 2.75) is 20.3 Å². The molecule has 0 fully saturated rings. The van der Waals surface area contributed by atoms with Crippen molar-refractivity contribution in [3.63, 3.8) is 0 Å². The van der Waals surface area contributed by atoms with Crippen molar-refractivity contribution < 1.29 is 14.7 Å². The first-order valence-corrected chi connectivity index (χ1v) is 6.88. The van der Waals surface area contributed by atoms with Crippen LogP contribution in [-0.2, 0) is 9.59 Å². The van der Waals surface area contributed by atoms with Gasteiger partial charge in [-0.1, -0.05) is 0 Å². The quantitative estimate of drug-likeness (QED) is 0.764. The van der Waals surface area contributed by atoms with Gasteiger partial charge >= 0.3 is 5.97 Å². The van der Waals surface area contributed by atoms with Crippen LogP contribution >= 0.6 is 10.0 Å². The van der Waals surface area contributed by atoms with Crippen LogP contribution in [0, 0.1) is 5.41 Å². The molecule has 0 saturated heterocycles. The number of carbonyl (C=O) groups is 2. The van der Waals surface area contributed by atoms with Gasteiger partial charge in [0.05, 0.1) is 5.41 Å². The lowest BCUT2D eigenvalue weighted by atomic mass is 9.90. The molecule has 0 bridgehead atoms. The maximum Gasteiger partial charge on any atom is 0.309 e. The Hall–Kier alpha value is -0.510. The minimum absolute atomic E-state index is 0.0694. The number of aliphatic carboxylic acids is 1. The summed E-state index contributed by atoms with van der Waals surface area (Å²) in [6.45, 7) is 3.16. The number of carbonyl (C=O) groups excluding carboxylic acids is 1. The third kappa shape index (κ3) is 3.81. The predicted octanol–water partition coefficient (Wildman–Crippen LogP) is 1.71. The highest BCUT2D eigenvalue weighted by Gasteiger charge is 2.32. The summed E-state index contributed by atoms with van der Waals surface area (Å²) in [7, 11) is -1.27. The van der Waals surface area contributed by atoms with Gasteiger partial charge in [0.2, 0.25) is 0 Å². The van der Waals surface area contributed by atoms with E-state index < -0.39 is 21.4 Å². The third-order valence-corrected chi connectivity index (χ3v) is 3.36. The van der Waals surface area contributed by atoms with Crippen LogP contribution in [0.3, 0.4) is 0 Å². The molecule has 0 radical (unpaired) electrons. The lowest BCUT2D eigenvalue weighted by Gasteiger charge is -2.27. The van der Waals surface area contributed by atoms with E-state index in [1.165, 1.54) is 0 Å². The molecule has 0 unspecified atom stereocenters. The molecule has 13 heavy (non-hydrogen) atoms. The van der Waals surface area contributed by atoms with E-state index in [1.54, 1.807) is 13.8 Å². The van der Waals surface area contributed by atoms with Crippen molar-refractivity contribution in [2.75, 3.05) is 18.8 Å². The molecule has 0 aromatic heterocycles. The van der Waals surface area contributed by atoms with Gasteiger partial charge in [-0.05, 0) is 32.6 Å². The zero-order valence-electron chi connectivity index (χ0n) is 8.88. The Morgan fingerprint density at radius 1 is 1.23 bits per heavy atom. The minimum atomic E-state index is -1.27. The van der Waals surface area contributed by atoms with Gasteiger partial charge in [0, 0.05) is 6.42 Å². The van der Waals surface area contributed by atoms with E-state index in [0.717, 1.165) is 0 Å². The Bertz CT molecular complexity index is 226. The second-order valence-corrected chi connectivity index (χ2v) is 8.70. The van der Waals surface area contributed by atoms with Gasteiger partial charge in [-0.2, -0.15) is 10.0 Å². The van der Waals surface area contributed by atoms with E-state index in [1.807, 2.05) is 18.8 Å². The topological polar surface area (TPSA) is 54.4 Å². The van der Waals surface area contributed by atoms with E-state index in [4.69, 9.17) is 5.11 Å². The second kappa shape index (κ2) is 3.70. The first-order chi connectivity index (χ1) is 5.57. The molecule has 0 spiro atoms. The summed E-state index contributed by atoms with van der Waals surface area (Å²) in [6, 6.07) is 0. The Balaban J connectivity index is 4.47. The molecule has 3 nitrogen and oxygen atoms in total. The molecule has 0 heterocycles. The third-order valence-electron chi connectivity index (χ3n) is 1.85. The average molecular weight is 206 g/mol.